The molecule has 3 aromatic rings. The van der Waals surface area contributed by atoms with Gasteiger partial charge < -0.3 is 4.57 Å². The average Bonchev–Trinajstić information content (AvgIpc) is 2.96. The Hall–Kier alpha value is -2.77. The van der Waals surface area contributed by atoms with Crippen molar-refractivity contribution in [3.63, 3.8) is 0 Å². The summed E-state index contributed by atoms with van der Waals surface area (Å²) >= 11 is 0. The Kier molecular flexibility index (Phi) is 4.28. The number of alkyl halides is 2. The molecule has 1 aromatic carbocycles. The lowest BCUT2D eigenvalue weighted by Crippen LogP contribution is -2.05. The minimum atomic E-state index is -2.78. The third-order valence-corrected chi connectivity index (χ3v) is 3.34. The van der Waals surface area contributed by atoms with Crippen molar-refractivity contribution in [3.05, 3.63) is 65.5 Å². The smallest absolute Gasteiger partial charge is 0.281 e. The molecule has 0 atom stereocenters. The van der Waals surface area contributed by atoms with E-state index in [1.165, 1.54) is 10.6 Å². The van der Waals surface area contributed by atoms with Gasteiger partial charge in [-0.2, -0.15) is 0 Å². The van der Waals surface area contributed by atoms with Crippen LogP contribution in [0.2, 0.25) is 0 Å². The first kappa shape index (κ1) is 16.1. The van der Waals surface area contributed by atoms with Gasteiger partial charge in [0.25, 0.3) is 6.43 Å². The van der Waals surface area contributed by atoms with E-state index >= 15 is 0 Å². The molecule has 0 saturated carbocycles. The highest BCUT2D eigenvalue weighted by molar-refractivity contribution is 5.56. The van der Waals surface area contributed by atoms with Crippen molar-refractivity contribution in [3.8, 4) is 11.4 Å². The second-order valence-corrected chi connectivity index (χ2v) is 5.22. The Balaban J connectivity index is 2.03. The van der Waals surface area contributed by atoms with Gasteiger partial charge in [0.1, 0.15) is 17.3 Å². The number of rotatable bonds is 4. The summed E-state index contributed by atoms with van der Waals surface area (Å²) in [6.45, 7) is 1.90. The van der Waals surface area contributed by atoms with Gasteiger partial charge in [-0.1, -0.05) is 0 Å². The molecule has 0 aliphatic heterocycles. The minimum absolute atomic E-state index is 0.0777. The van der Waals surface area contributed by atoms with Gasteiger partial charge in [-0.3, -0.25) is 0 Å². The summed E-state index contributed by atoms with van der Waals surface area (Å²) < 4.78 is 53.9. The van der Waals surface area contributed by atoms with Crippen LogP contribution >= 0.6 is 0 Å². The largest absolute Gasteiger partial charge is 0.323 e. The summed E-state index contributed by atoms with van der Waals surface area (Å²) in [6, 6.07) is 3.12. The maximum atomic E-state index is 13.4. The summed E-state index contributed by atoms with van der Waals surface area (Å²) in [7, 11) is 0. The number of aryl methyl sites for hydroxylation is 1. The second-order valence-electron chi connectivity index (χ2n) is 5.22. The van der Waals surface area contributed by atoms with Crippen LogP contribution in [0, 0.1) is 18.6 Å². The third-order valence-electron chi connectivity index (χ3n) is 3.34. The van der Waals surface area contributed by atoms with E-state index in [1.807, 2.05) is 6.92 Å². The molecule has 0 N–H and O–H groups in total. The van der Waals surface area contributed by atoms with E-state index in [0.717, 1.165) is 23.9 Å². The summed E-state index contributed by atoms with van der Waals surface area (Å²) in [5.41, 5.74) is 0.591. The molecule has 0 saturated heterocycles. The van der Waals surface area contributed by atoms with E-state index in [9.17, 15) is 17.6 Å². The van der Waals surface area contributed by atoms with Gasteiger partial charge in [-0.05, 0) is 30.7 Å². The van der Waals surface area contributed by atoms with Gasteiger partial charge in [0.15, 0.2) is 11.6 Å². The van der Waals surface area contributed by atoms with Crippen LogP contribution in [-0.4, -0.2) is 19.5 Å². The first-order valence-electron chi connectivity index (χ1n) is 7.02. The third kappa shape index (κ3) is 3.27. The first-order valence-corrected chi connectivity index (χ1v) is 7.02. The molecule has 0 aliphatic carbocycles. The summed E-state index contributed by atoms with van der Waals surface area (Å²) in [4.78, 5) is 12.1. The highest BCUT2D eigenvalue weighted by atomic mass is 19.3. The molecular weight excluding hydrogens is 324 g/mol. The van der Waals surface area contributed by atoms with Crippen molar-refractivity contribution in [2.45, 2.75) is 19.9 Å². The van der Waals surface area contributed by atoms with Gasteiger partial charge >= 0.3 is 0 Å². The van der Waals surface area contributed by atoms with E-state index < -0.39 is 23.8 Å². The predicted octanol–water partition coefficient (Wildman–Crippen LogP) is 3.91. The molecule has 0 radical (unpaired) electrons. The Morgan fingerprint density at radius 2 is 1.79 bits per heavy atom. The molecule has 0 aliphatic rings. The summed E-state index contributed by atoms with van der Waals surface area (Å²) in [5, 5.41) is 0. The lowest BCUT2D eigenvalue weighted by Gasteiger charge is -2.07. The van der Waals surface area contributed by atoms with Crippen molar-refractivity contribution in [1.82, 2.24) is 19.5 Å². The molecule has 2 heterocycles. The van der Waals surface area contributed by atoms with Crippen LogP contribution in [-0.2, 0) is 6.54 Å². The fourth-order valence-corrected chi connectivity index (χ4v) is 2.18. The van der Waals surface area contributed by atoms with Gasteiger partial charge in [-0.25, -0.2) is 32.5 Å². The van der Waals surface area contributed by atoms with Crippen LogP contribution < -0.4 is 0 Å². The molecule has 3 rings (SSSR count). The van der Waals surface area contributed by atoms with Crippen molar-refractivity contribution < 1.29 is 17.6 Å². The van der Waals surface area contributed by atoms with Crippen LogP contribution in [0.4, 0.5) is 17.6 Å². The molecular formula is C16H12F4N4. The number of aromatic nitrogens is 4. The van der Waals surface area contributed by atoms with E-state index in [4.69, 9.17) is 0 Å². The number of benzene rings is 1. The Bertz CT molecular complexity index is 859. The zero-order valence-electron chi connectivity index (χ0n) is 12.5. The van der Waals surface area contributed by atoms with Crippen molar-refractivity contribution >= 4 is 0 Å². The maximum Gasteiger partial charge on any atom is 0.281 e. The number of hydrogen-bond acceptors (Lipinski definition) is 3. The molecule has 0 amide bonds. The molecule has 0 bridgehead atoms. The highest BCUT2D eigenvalue weighted by Crippen LogP contribution is 2.26. The summed E-state index contributed by atoms with van der Waals surface area (Å²) in [6.07, 6.45) is 1.58. The van der Waals surface area contributed by atoms with Crippen molar-refractivity contribution in [1.29, 1.82) is 0 Å². The van der Waals surface area contributed by atoms with Gasteiger partial charge in [0.2, 0.25) is 0 Å². The number of imidazole rings is 1. The average molecular weight is 336 g/mol. The maximum absolute atomic E-state index is 13.4. The molecule has 2 aromatic heterocycles. The van der Waals surface area contributed by atoms with E-state index in [2.05, 4.69) is 15.0 Å². The molecule has 0 fully saturated rings. The fraction of sp³-hybridized carbons (Fsp3) is 0.188. The zero-order chi connectivity index (χ0) is 17.3. The fourth-order valence-electron chi connectivity index (χ4n) is 2.18. The molecule has 0 unspecified atom stereocenters. The molecule has 124 valence electrons. The number of halogens is 4. The predicted molar refractivity (Wildman–Crippen MR) is 78.4 cm³/mol. The Morgan fingerprint density at radius 1 is 1.08 bits per heavy atom. The van der Waals surface area contributed by atoms with Crippen LogP contribution in [0.5, 0.6) is 0 Å². The van der Waals surface area contributed by atoms with Gasteiger partial charge in [0, 0.05) is 24.2 Å². The standard InChI is InChI=1S/C16H12F4N4/c1-9-5-21-14(22-6-9)8-24-7-13(15(19)20)23-16(24)10-2-3-11(17)12(18)4-10/h2-7,15H,8H2,1H3. The Labute approximate surface area is 134 Å². The molecule has 0 spiro atoms. The zero-order valence-corrected chi connectivity index (χ0v) is 12.5. The monoisotopic (exact) mass is 336 g/mol. The van der Waals surface area contributed by atoms with Gasteiger partial charge in [0.05, 0.1) is 6.54 Å². The highest BCUT2D eigenvalue weighted by Gasteiger charge is 2.18. The number of nitrogens with zero attached hydrogens (tertiary/aromatic N) is 4. The SMILES string of the molecule is Cc1cnc(Cn2cc(C(F)F)nc2-c2ccc(F)c(F)c2)nc1. The molecule has 4 nitrogen and oxygen atoms in total. The minimum Gasteiger partial charge on any atom is -0.323 e. The van der Waals surface area contributed by atoms with Crippen LogP contribution in [0.25, 0.3) is 11.4 Å². The van der Waals surface area contributed by atoms with Crippen molar-refractivity contribution in [2.24, 2.45) is 0 Å². The lowest BCUT2D eigenvalue weighted by atomic mass is 10.2. The molecule has 8 heteroatoms. The molecule has 24 heavy (non-hydrogen) atoms. The Morgan fingerprint density at radius 3 is 2.42 bits per heavy atom. The topological polar surface area (TPSA) is 43.6 Å². The normalized spacial score (nSPS) is 11.2. The lowest BCUT2D eigenvalue weighted by molar-refractivity contribution is 0.146. The van der Waals surface area contributed by atoms with E-state index in [1.54, 1.807) is 12.4 Å². The van der Waals surface area contributed by atoms with E-state index in [-0.39, 0.29) is 17.9 Å². The van der Waals surface area contributed by atoms with Crippen LogP contribution in [0.3, 0.4) is 0 Å². The van der Waals surface area contributed by atoms with Crippen LogP contribution in [0.1, 0.15) is 23.5 Å². The van der Waals surface area contributed by atoms with Crippen LogP contribution in [0.15, 0.2) is 36.8 Å². The quantitative estimate of drug-likeness (QED) is 0.679. The summed E-state index contributed by atoms with van der Waals surface area (Å²) in [5.74, 6) is -1.61. The van der Waals surface area contributed by atoms with Crippen molar-refractivity contribution in [2.75, 3.05) is 0 Å². The first-order chi connectivity index (χ1) is 11.4. The second kappa shape index (κ2) is 6.38. The van der Waals surface area contributed by atoms with E-state index in [0.29, 0.717) is 5.82 Å². The van der Waals surface area contributed by atoms with Gasteiger partial charge in [-0.15, -0.1) is 0 Å². The number of hydrogen-bond donors (Lipinski definition) is 0.